The van der Waals surface area contributed by atoms with Crippen LogP contribution in [0.15, 0.2) is 35.7 Å². The van der Waals surface area contributed by atoms with Crippen LogP contribution in [0, 0.1) is 0 Å². The summed E-state index contributed by atoms with van der Waals surface area (Å²) in [5.41, 5.74) is 1.66. The quantitative estimate of drug-likeness (QED) is 0.695. The maximum atomic E-state index is 12.3. The molecule has 2 heterocycles. The van der Waals surface area contributed by atoms with Crippen LogP contribution >= 0.6 is 11.3 Å². The number of methoxy groups -OCH3 is 2. The Balaban J connectivity index is 1.72. The van der Waals surface area contributed by atoms with E-state index in [-0.39, 0.29) is 19.1 Å². The van der Waals surface area contributed by atoms with E-state index >= 15 is 0 Å². The fourth-order valence-corrected chi connectivity index (χ4v) is 3.09. The summed E-state index contributed by atoms with van der Waals surface area (Å²) in [6, 6.07) is 9.27. The van der Waals surface area contributed by atoms with E-state index in [1.807, 2.05) is 35.7 Å². The highest BCUT2D eigenvalue weighted by atomic mass is 32.1. The number of anilines is 1. The number of benzene rings is 1. The number of thiophene rings is 1. The maximum absolute atomic E-state index is 12.3. The molecule has 130 valence electrons. The first kappa shape index (κ1) is 17.1. The van der Waals surface area contributed by atoms with Crippen LogP contribution in [0.25, 0.3) is 11.4 Å². The van der Waals surface area contributed by atoms with E-state index in [2.05, 4.69) is 20.8 Å². The predicted molar refractivity (Wildman–Crippen MR) is 93.5 cm³/mol. The fourth-order valence-electron chi connectivity index (χ4n) is 2.29. The molecule has 0 aliphatic heterocycles. The molecule has 0 aliphatic carbocycles. The second kappa shape index (κ2) is 7.86. The standard InChI is InChI=1S/C16H17N5O3S/c1-23-10-21-15(18-19-20-21)13-7-8-25-16(13)17-14(22)9-11-3-5-12(24-2)6-4-11/h3-8H,9-10H2,1-2H3,(H,17,22). The van der Waals surface area contributed by atoms with Gasteiger partial charge >= 0.3 is 0 Å². The molecule has 1 aromatic carbocycles. The highest BCUT2D eigenvalue weighted by Crippen LogP contribution is 2.31. The molecule has 8 nitrogen and oxygen atoms in total. The molecule has 3 rings (SSSR count). The first-order valence-electron chi connectivity index (χ1n) is 7.47. The second-order valence-electron chi connectivity index (χ2n) is 5.16. The molecule has 0 saturated heterocycles. The number of aromatic nitrogens is 4. The molecule has 0 saturated carbocycles. The Labute approximate surface area is 148 Å². The van der Waals surface area contributed by atoms with E-state index in [4.69, 9.17) is 9.47 Å². The Morgan fingerprint density at radius 1 is 1.24 bits per heavy atom. The van der Waals surface area contributed by atoms with Gasteiger partial charge in [-0.15, -0.1) is 16.4 Å². The Kier molecular flexibility index (Phi) is 5.36. The second-order valence-corrected chi connectivity index (χ2v) is 6.07. The van der Waals surface area contributed by atoms with Crippen molar-refractivity contribution in [2.45, 2.75) is 13.2 Å². The highest BCUT2D eigenvalue weighted by molar-refractivity contribution is 7.15. The number of ether oxygens (including phenoxy) is 2. The summed E-state index contributed by atoms with van der Waals surface area (Å²) in [7, 11) is 3.17. The molecular formula is C16H17N5O3S. The van der Waals surface area contributed by atoms with Crippen molar-refractivity contribution in [2.24, 2.45) is 0 Å². The van der Waals surface area contributed by atoms with Crippen molar-refractivity contribution >= 4 is 22.2 Å². The van der Waals surface area contributed by atoms with Gasteiger partial charge < -0.3 is 14.8 Å². The first-order chi connectivity index (χ1) is 12.2. The molecule has 0 aliphatic rings. The smallest absolute Gasteiger partial charge is 0.229 e. The number of carbonyl (C=O) groups excluding carboxylic acids is 1. The number of nitrogens with zero attached hydrogens (tertiary/aromatic N) is 4. The molecule has 0 fully saturated rings. The van der Waals surface area contributed by atoms with E-state index in [0.717, 1.165) is 16.9 Å². The number of tetrazole rings is 1. The molecule has 1 amide bonds. The van der Waals surface area contributed by atoms with Crippen LogP contribution < -0.4 is 10.1 Å². The van der Waals surface area contributed by atoms with Crippen molar-refractivity contribution in [2.75, 3.05) is 19.5 Å². The molecule has 0 bridgehead atoms. The molecule has 0 spiro atoms. The molecule has 2 aromatic heterocycles. The van der Waals surface area contributed by atoms with E-state index in [1.165, 1.54) is 16.0 Å². The predicted octanol–water partition coefficient (Wildman–Crippen LogP) is 2.20. The van der Waals surface area contributed by atoms with Gasteiger partial charge in [-0.2, -0.15) is 4.68 Å². The van der Waals surface area contributed by atoms with Crippen molar-refractivity contribution < 1.29 is 14.3 Å². The lowest BCUT2D eigenvalue weighted by molar-refractivity contribution is -0.115. The third kappa shape index (κ3) is 4.01. The molecule has 0 unspecified atom stereocenters. The molecule has 0 atom stereocenters. The molecule has 3 aromatic rings. The van der Waals surface area contributed by atoms with E-state index in [1.54, 1.807) is 14.2 Å². The zero-order valence-electron chi connectivity index (χ0n) is 13.8. The summed E-state index contributed by atoms with van der Waals surface area (Å²) in [4.78, 5) is 12.3. The zero-order valence-corrected chi connectivity index (χ0v) is 14.6. The number of hydrogen-bond donors (Lipinski definition) is 1. The van der Waals surface area contributed by atoms with Gasteiger partial charge in [-0.25, -0.2) is 0 Å². The number of nitrogens with one attached hydrogen (secondary N) is 1. The average Bonchev–Trinajstić information content (AvgIpc) is 3.25. The number of hydrogen-bond acceptors (Lipinski definition) is 7. The molecule has 25 heavy (non-hydrogen) atoms. The summed E-state index contributed by atoms with van der Waals surface area (Å²) < 4.78 is 11.7. The maximum Gasteiger partial charge on any atom is 0.229 e. The third-order valence-electron chi connectivity index (χ3n) is 3.47. The van der Waals surface area contributed by atoms with Crippen LogP contribution in [0.4, 0.5) is 5.00 Å². The van der Waals surface area contributed by atoms with Crippen molar-refractivity contribution in [1.29, 1.82) is 0 Å². The lowest BCUT2D eigenvalue weighted by Gasteiger charge is -2.07. The summed E-state index contributed by atoms with van der Waals surface area (Å²) in [6.07, 6.45) is 0.268. The Bertz CT molecular complexity index is 844. The van der Waals surface area contributed by atoms with Gasteiger partial charge in [0.1, 0.15) is 17.5 Å². The van der Waals surface area contributed by atoms with Gasteiger partial charge in [-0.1, -0.05) is 12.1 Å². The van der Waals surface area contributed by atoms with E-state index in [0.29, 0.717) is 10.8 Å². The normalized spacial score (nSPS) is 10.6. The van der Waals surface area contributed by atoms with Gasteiger partial charge in [0.2, 0.25) is 5.91 Å². The topological polar surface area (TPSA) is 91.2 Å². The average molecular weight is 359 g/mol. The number of amides is 1. The highest BCUT2D eigenvalue weighted by Gasteiger charge is 2.16. The Morgan fingerprint density at radius 2 is 2.04 bits per heavy atom. The van der Waals surface area contributed by atoms with Crippen molar-refractivity contribution in [1.82, 2.24) is 20.2 Å². The van der Waals surface area contributed by atoms with Gasteiger partial charge in [-0.05, 0) is 39.6 Å². The first-order valence-corrected chi connectivity index (χ1v) is 8.35. The molecule has 0 radical (unpaired) electrons. The van der Waals surface area contributed by atoms with Gasteiger partial charge in [0.25, 0.3) is 0 Å². The molecule has 9 heteroatoms. The lowest BCUT2D eigenvalue weighted by Crippen LogP contribution is -2.14. The third-order valence-corrected chi connectivity index (χ3v) is 4.30. The summed E-state index contributed by atoms with van der Waals surface area (Å²) in [6.45, 7) is 0.234. The van der Waals surface area contributed by atoms with Crippen LogP contribution in [-0.4, -0.2) is 40.3 Å². The largest absolute Gasteiger partial charge is 0.497 e. The van der Waals surface area contributed by atoms with Crippen LogP contribution in [-0.2, 0) is 22.7 Å². The minimum absolute atomic E-state index is 0.111. The molecule has 1 N–H and O–H groups in total. The van der Waals surface area contributed by atoms with E-state index < -0.39 is 0 Å². The monoisotopic (exact) mass is 359 g/mol. The summed E-state index contributed by atoms with van der Waals surface area (Å²) in [5.74, 6) is 1.19. The van der Waals surface area contributed by atoms with Crippen LogP contribution in [0.1, 0.15) is 5.56 Å². The summed E-state index contributed by atoms with van der Waals surface area (Å²) >= 11 is 1.42. The summed E-state index contributed by atoms with van der Waals surface area (Å²) in [5, 5.41) is 17.1. The Hall–Kier alpha value is -2.78. The van der Waals surface area contributed by atoms with Crippen LogP contribution in [0.2, 0.25) is 0 Å². The zero-order chi connectivity index (χ0) is 17.6. The lowest BCUT2D eigenvalue weighted by atomic mass is 10.1. The van der Waals surface area contributed by atoms with Gasteiger partial charge in [0.05, 0.1) is 19.1 Å². The van der Waals surface area contributed by atoms with Crippen molar-refractivity contribution in [3.8, 4) is 17.1 Å². The van der Waals surface area contributed by atoms with Gasteiger partial charge in [0.15, 0.2) is 5.82 Å². The van der Waals surface area contributed by atoms with Gasteiger partial charge in [-0.3, -0.25) is 4.79 Å². The fraction of sp³-hybridized carbons (Fsp3) is 0.250. The van der Waals surface area contributed by atoms with Crippen molar-refractivity contribution in [3.05, 3.63) is 41.3 Å². The minimum atomic E-state index is -0.111. The number of carbonyl (C=O) groups is 1. The Morgan fingerprint density at radius 3 is 2.76 bits per heavy atom. The van der Waals surface area contributed by atoms with Crippen molar-refractivity contribution in [3.63, 3.8) is 0 Å². The van der Waals surface area contributed by atoms with E-state index in [9.17, 15) is 4.79 Å². The number of rotatable bonds is 7. The van der Waals surface area contributed by atoms with Crippen LogP contribution in [0.5, 0.6) is 5.75 Å². The van der Waals surface area contributed by atoms with Gasteiger partial charge in [0, 0.05) is 7.11 Å². The van der Waals surface area contributed by atoms with Crippen LogP contribution in [0.3, 0.4) is 0 Å². The SMILES string of the molecule is COCn1nnnc1-c1ccsc1NC(=O)Cc1ccc(OC)cc1. The molecular weight excluding hydrogens is 342 g/mol. The minimum Gasteiger partial charge on any atom is -0.497 e.